The number of nitrogens with one attached hydrogen (secondary N) is 1. The van der Waals surface area contributed by atoms with Crippen molar-refractivity contribution in [3.8, 4) is 0 Å². The smallest absolute Gasteiger partial charge is 0.348 e. The molecule has 0 aliphatic heterocycles. The second kappa shape index (κ2) is 8.78. The third-order valence-electron chi connectivity index (χ3n) is 4.08. The summed E-state index contributed by atoms with van der Waals surface area (Å²) in [7, 11) is -4.11. The first kappa shape index (κ1) is 21.1. The molecule has 3 rings (SSSR count). The van der Waals surface area contributed by atoms with Crippen LogP contribution in [0.15, 0.2) is 65.7 Å². The Bertz CT molecular complexity index is 1160. The average molecular weight is 428 g/mol. The Morgan fingerprint density at radius 1 is 1.07 bits per heavy atom. The van der Waals surface area contributed by atoms with Crippen LogP contribution in [0.4, 0.5) is 16.3 Å². The van der Waals surface area contributed by atoms with Gasteiger partial charge in [-0.2, -0.15) is 4.68 Å². The van der Waals surface area contributed by atoms with Crippen LogP contribution >= 0.6 is 0 Å². The van der Waals surface area contributed by atoms with Gasteiger partial charge in [0, 0.05) is 5.69 Å². The number of sulfone groups is 1. The van der Waals surface area contributed by atoms with Crippen molar-refractivity contribution < 1.29 is 22.7 Å². The first-order chi connectivity index (χ1) is 14.3. The molecule has 0 spiro atoms. The Morgan fingerprint density at radius 3 is 2.27 bits per heavy atom. The molecule has 0 saturated carbocycles. The maximum atomic E-state index is 13.0. The van der Waals surface area contributed by atoms with E-state index >= 15 is 0 Å². The monoisotopic (exact) mass is 428 g/mol. The van der Waals surface area contributed by atoms with Crippen molar-refractivity contribution in [1.29, 1.82) is 0 Å². The molecule has 30 heavy (non-hydrogen) atoms. The number of nitrogens with zero attached hydrogens (tertiary/aromatic N) is 2. The van der Waals surface area contributed by atoms with E-state index < -0.39 is 44.0 Å². The van der Waals surface area contributed by atoms with E-state index in [2.05, 4.69) is 10.4 Å². The summed E-state index contributed by atoms with van der Waals surface area (Å²) < 4.78 is 31.6. The largest absolute Gasteiger partial charge is 0.462 e. The number of nitrogen functional groups attached to an aromatic ring is 1. The fraction of sp³-hybridized carbons (Fsp3) is 0.150. The Hall–Kier alpha value is -3.66. The molecule has 0 unspecified atom stereocenters. The molecule has 1 heterocycles. The Labute approximate surface area is 173 Å². The Morgan fingerprint density at radius 2 is 1.67 bits per heavy atom. The van der Waals surface area contributed by atoms with E-state index in [9.17, 15) is 18.0 Å². The minimum Gasteiger partial charge on any atom is -0.462 e. The van der Waals surface area contributed by atoms with Crippen molar-refractivity contribution in [2.45, 2.75) is 17.7 Å². The summed E-state index contributed by atoms with van der Waals surface area (Å²) in [5.74, 6) is -1.81. The van der Waals surface area contributed by atoms with Gasteiger partial charge in [0.15, 0.2) is 5.03 Å². The van der Waals surface area contributed by atoms with Crippen LogP contribution in [-0.2, 0) is 20.3 Å². The number of esters is 1. The molecule has 0 fully saturated rings. The summed E-state index contributed by atoms with van der Waals surface area (Å²) in [4.78, 5) is 25.1. The summed E-state index contributed by atoms with van der Waals surface area (Å²) in [6.07, 6.45) is 0. The van der Waals surface area contributed by atoms with Crippen LogP contribution in [0.5, 0.6) is 0 Å². The van der Waals surface area contributed by atoms with Crippen LogP contribution in [-0.4, -0.2) is 36.8 Å². The number of carbonyl (C=O) groups is 2. The first-order valence-corrected chi connectivity index (χ1v) is 10.7. The predicted molar refractivity (Wildman–Crippen MR) is 111 cm³/mol. The van der Waals surface area contributed by atoms with E-state index in [1.165, 1.54) is 0 Å². The molecule has 1 amide bonds. The van der Waals surface area contributed by atoms with Gasteiger partial charge in [0.1, 0.15) is 11.4 Å². The molecule has 0 radical (unpaired) electrons. The van der Waals surface area contributed by atoms with Crippen molar-refractivity contribution in [2.24, 2.45) is 0 Å². The fourth-order valence-electron chi connectivity index (χ4n) is 2.74. The molecule has 0 saturated heterocycles. The number of ether oxygens (including phenoxy) is 1. The molecule has 1 aromatic heterocycles. The molecule has 0 bridgehead atoms. The number of nitrogens with two attached hydrogens (primary N) is 1. The van der Waals surface area contributed by atoms with Gasteiger partial charge in [-0.15, -0.1) is 5.10 Å². The number of benzene rings is 2. The van der Waals surface area contributed by atoms with Gasteiger partial charge in [-0.05, 0) is 24.6 Å². The van der Waals surface area contributed by atoms with E-state index in [1.54, 1.807) is 67.6 Å². The first-order valence-electron chi connectivity index (χ1n) is 9.02. The lowest BCUT2D eigenvalue weighted by atomic mass is 10.2. The van der Waals surface area contributed by atoms with Gasteiger partial charge in [-0.25, -0.2) is 18.0 Å². The van der Waals surface area contributed by atoms with Gasteiger partial charge in [-0.1, -0.05) is 48.5 Å². The van der Waals surface area contributed by atoms with E-state index in [-0.39, 0.29) is 6.61 Å². The second-order valence-corrected chi connectivity index (χ2v) is 8.14. The lowest BCUT2D eigenvalue weighted by Crippen LogP contribution is -2.23. The maximum Gasteiger partial charge on any atom is 0.348 e. The van der Waals surface area contributed by atoms with Crippen LogP contribution in [0.25, 0.3) is 0 Å². The van der Waals surface area contributed by atoms with E-state index in [0.717, 1.165) is 0 Å². The van der Waals surface area contributed by atoms with Crippen LogP contribution in [0.2, 0.25) is 0 Å². The van der Waals surface area contributed by atoms with E-state index in [0.29, 0.717) is 15.9 Å². The lowest BCUT2D eigenvalue weighted by Gasteiger charge is -2.06. The van der Waals surface area contributed by atoms with E-state index in [4.69, 9.17) is 10.5 Å². The molecule has 3 aromatic rings. The summed E-state index contributed by atoms with van der Waals surface area (Å²) in [6, 6.07) is 16.0. The average Bonchev–Trinajstić information content (AvgIpc) is 3.08. The molecule has 2 aromatic carbocycles. The third-order valence-corrected chi connectivity index (χ3v) is 5.67. The molecule has 0 atom stereocenters. The minimum absolute atomic E-state index is 0.00214. The molecular weight excluding hydrogens is 408 g/mol. The van der Waals surface area contributed by atoms with Gasteiger partial charge in [-0.3, -0.25) is 0 Å². The third kappa shape index (κ3) is 4.49. The van der Waals surface area contributed by atoms with Gasteiger partial charge in [0.25, 0.3) is 0 Å². The highest BCUT2D eigenvalue weighted by molar-refractivity contribution is 7.90. The van der Waals surface area contributed by atoms with Crippen LogP contribution in [0.1, 0.15) is 22.8 Å². The van der Waals surface area contributed by atoms with Gasteiger partial charge >= 0.3 is 12.0 Å². The van der Waals surface area contributed by atoms with Crippen molar-refractivity contribution in [3.05, 3.63) is 71.8 Å². The summed E-state index contributed by atoms with van der Waals surface area (Å²) >= 11 is 0. The highest BCUT2D eigenvalue weighted by atomic mass is 32.2. The molecule has 0 aliphatic rings. The summed E-state index contributed by atoms with van der Waals surface area (Å²) in [5, 5.41) is 5.81. The fourth-order valence-corrected chi connectivity index (χ4v) is 4.21. The van der Waals surface area contributed by atoms with Crippen molar-refractivity contribution in [3.63, 3.8) is 0 Å². The number of rotatable bonds is 6. The van der Waals surface area contributed by atoms with E-state index in [1.807, 2.05) is 0 Å². The van der Waals surface area contributed by atoms with Crippen LogP contribution in [0.3, 0.4) is 0 Å². The van der Waals surface area contributed by atoms with Crippen LogP contribution in [0, 0.1) is 0 Å². The number of para-hydroxylation sites is 1. The molecule has 156 valence electrons. The molecule has 9 nitrogen and oxygen atoms in total. The van der Waals surface area contributed by atoms with Gasteiger partial charge < -0.3 is 15.8 Å². The van der Waals surface area contributed by atoms with Gasteiger partial charge in [0.05, 0.1) is 12.4 Å². The summed E-state index contributed by atoms with van der Waals surface area (Å²) in [6.45, 7) is 1.57. The zero-order valence-corrected chi connectivity index (χ0v) is 16.9. The maximum absolute atomic E-state index is 13.0. The number of anilines is 2. The standard InChI is InChI=1S/C20H20N4O5S/c1-2-29-19(25)16-17(21)24(20(26)22-15-11-7-4-8-12-15)23-18(16)30(27,28)13-14-9-5-3-6-10-14/h3-12H,2,13,21H2,1H3,(H,22,26). The number of carbonyl (C=O) groups excluding carboxylic acids is 2. The van der Waals surface area contributed by atoms with Crippen molar-refractivity contribution in [2.75, 3.05) is 17.7 Å². The second-order valence-electron chi connectivity index (χ2n) is 6.24. The highest BCUT2D eigenvalue weighted by Crippen LogP contribution is 2.26. The number of amides is 1. The van der Waals surface area contributed by atoms with Crippen molar-refractivity contribution in [1.82, 2.24) is 9.78 Å². The minimum atomic E-state index is -4.11. The van der Waals surface area contributed by atoms with Gasteiger partial charge in [0.2, 0.25) is 9.84 Å². The quantitative estimate of drug-likeness (QED) is 0.577. The lowest BCUT2D eigenvalue weighted by molar-refractivity contribution is 0.0523. The molecule has 0 aliphatic carbocycles. The zero-order chi connectivity index (χ0) is 21.7. The topological polar surface area (TPSA) is 133 Å². The Kier molecular flexibility index (Phi) is 6.17. The normalized spacial score (nSPS) is 11.1. The SMILES string of the molecule is CCOC(=O)c1c(S(=O)(=O)Cc2ccccc2)nn(C(=O)Nc2ccccc2)c1N. The number of hydrogen-bond acceptors (Lipinski definition) is 7. The highest BCUT2D eigenvalue weighted by Gasteiger charge is 2.33. The zero-order valence-electron chi connectivity index (χ0n) is 16.1. The molecular formula is C20H20N4O5S. The van der Waals surface area contributed by atoms with Crippen LogP contribution < -0.4 is 11.1 Å². The summed E-state index contributed by atoms with van der Waals surface area (Å²) in [5.41, 5.74) is 6.43. The van der Waals surface area contributed by atoms with Crippen molar-refractivity contribution >= 4 is 33.3 Å². The predicted octanol–water partition coefficient (Wildman–Crippen LogP) is 2.70. The number of hydrogen-bond donors (Lipinski definition) is 2. The molecule has 3 N–H and O–H groups in total. The number of aromatic nitrogens is 2. The molecule has 10 heteroatoms. The Balaban J connectivity index is 2.04.